The maximum Gasteiger partial charge on any atom is 0.490 e. The van der Waals surface area contributed by atoms with Crippen LogP contribution in [0.25, 0.3) is 0 Å². The molecule has 146 valence electrons. The number of nitrogens with zero attached hydrogens (tertiary/aromatic N) is 1. The van der Waals surface area contributed by atoms with Gasteiger partial charge < -0.3 is 34.8 Å². The monoisotopic (exact) mass is 425 g/mol. The molecule has 1 heterocycles. The van der Waals surface area contributed by atoms with Crippen LogP contribution in [-0.4, -0.2) is 41.0 Å². The zero-order valence-corrected chi connectivity index (χ0v) is 15.4. The quantitative estimate of drug-likeness (QED) is 0.220. The van der Waals surface area contributed by atoms with Crippen LogP contribution in [0.4, 0.5) is 5.82 Å². The Hall–Kier alpha value is -0.910. The summed E-state index contributed by atoms with van der Waals surface area (Å²) in [4.78, 5) is 57.1. The van der Waals surface area contributed by atoms with Gasteiger partial charge in [-0.15, -0.1) is 0 Å². The van der Waals surface area contributed by atoms with Crippen LogP contribution < -0.4 is 11.0 Å². The Morgan fingerprint density at radius 3 is 2.04 bits per heavy atom. The average Bonchev–Trinajstić information content (AvgIpc) is 2.33. The fourth-order valence-corrected chi connectivity index (χ4v) is 3.68. The van der Waals surface area contributed by atoms with Crippen LogP contribution in [0.2, 0.25) is 0 Å². The van der Waals surface area contributed by atoms with Gasteiger partial charge in [0.25, 0.3) is 0 Å². The minimum absolute atomic E-state index is 0.309. The topological polar surface area (TPSA) is 229 Å². The number of aromatic amines is 1. The van der Waals surface area contributed by atoms with E-state index in [-0.39, 0.29) is 5.69 Å². The van der Waals surface area contributed by atoms with Gasteiger partial charge in [-0.25, -0.2) is 18.5 Å². The van der Waals surface area contributed by atoms with Crippen molar-refractivity contribution in [2.75, 3.05) is 11.9 Å². The molecule has 0 radical (unpaired) electrons. The third kappa shape index (κ3) is 15.1. The fourth-order valence-electron chi connectivity index (χ4n) is 1.15. The summed E-state index contributed by atoms with van der Waals surface area (Å²) in [7, 11) is -16.2. The standard InChI is InChI=1S/C8H13N3O.H5O10P3/c1-2-3-5-9-7-4-6-10-8(12)11-7;1-11(2,3)9-13(7,8)10-12(4,5)6/h4,6H,2-3,5H2,1H3,(H2,9,10,11,12);(H,7,8)(H2,1,2,3)(H2,4,5,6). The first-order chi connectivity index (χ1) is 11.2. The lowest BCUT2D eigenvalue weighted by molar-refractivity contribution is 0.204. The van der Waals surface area contributed by atoms with E-state index in [2.05, 4.69) is 30.8 Å². The van der Waals surface area contributed by atoms with Gasteiger partial charge in [0.05, 0.1) is 0 Å². The van der Waals surface area contributed by atoms with E-state index < -0.39 is 23.5 Å². The lowest BCUT2D eigenvalue weighted by Crippen LogP contribution is -2.13. The van der Waals surface area contributed by atoms with Gasteiger partial charge in [-0.2, -0.15) is 13.6 Å². The van der Waals surface area contributed by atoms with Crippen LogP contribution in [0.5, 0.6) is 0 Å². The van der Waals surface area contributed by atoms with Crippen molar-refractivity contribution in [3.8, 4) is 0 Å². The summed E-state index contributed by atoms with van der Waals surface area (Å²) < 4.78 is 36.4. The molecular weight excluding hydrogens is 407 g/mol. The number of rotatable bonds is 8. The van der Waals surface area contributed by atoms with Gasteiger partial charge in [0.2, 0.25) is 0 Å². The Kier molecular flexibility index (Phi) is 9.92. The second-order valence-corrected chi connectivity index (χ2v) is 8.38. The Morgan fingerprint density at radius 1 is 1.12 bits per heavy atom. The molecule has 1 rings (SSSR count). The number of hydrogen-bond donors (Lipinski definition) is 7. The molecule has 0 spiro atoms. The summed E-state index contributed by atoms with van der Waals surface area (Å²) in [5.74, 6) is 0.646. The molecule has 0 saturated carbocycles. The molecule has 0 aliphatic carbocycles. The normalized spacial score (nSPS) is 12.2. The van der Waals surface area contributed by atoms with Crippen LogP contribution in [0, 0.1) is 0 Å². The van der Waals surface area contributed by atoms with Gasteiger partial charge in [0.15, 0.2) is 0 Å². The van der Waals surface area contributed by atoms with Gasteiger partial charge in [0.1, 0.15) is 5.82 Å². The predicted molar refractivity (Wildman–Crippen MR) is 84.3 cm³/mol. The van der Waals surface area contributed by atoms with E-state index in [0.29, 0.717) is 5.82 Å². The average molecular weight is 425 g/mol. The lowest BCUT2D eigenvalue weighted by Gasteiger charge is -2.11. The van der Waals surface area contributed by atoms with E-state index in [1.54, 1.807) is 12.3 Å². The van der Waals surface area contributed by atoms with Crippen molar-refractivity contribution < 1.29 is 46.8 Å². The summed E-state index contributed by atoms with van der Waals surface area (Å²) in [6, 6.07) is 1.75. The second kappa shape index (κ2) is 10.3. The summed E-state index contributed by atoms with van der Waals surface area (Å²) in [5.41, 5.74) is -0.309. The zero-order valence-electron chi connectivity index (χ0n) is 12.8. The van der Waals surface area contributed by atoms with Crippen molar-refractivity contribution in [1.82, 2.24) is 9.97 Å². The maximum atomic E-state index is 10.7. The molecule has 0 saturated heterocycles. The number of unbranched alkanes of at least 4 members (excludes halogenated alkanes) is 1. The smallest absolute Gasteiger partial charge is 0.370 e. The third-order valence-corrected chi connectivity index (χ3v) is 5.28. The van der Waals surface area contributed by atoms with Crippen molar-refractivity contribution >= 4 is 29.3 Å². The highest BCUT2D eigenvalue weighted by atomic mass is 31.3. The number of H-pyrrole nitrogens is 1. The highest BCUT2D eigenvalue weighted by molar-refractivity contribution is 7.66. The molecule has 14 nitrogen and oxygen atoms in total. The fraction of sp³-hybridized carbons (Fsp3) is 0.500. The number of nitrogens with one attached hydrogen (secondary N) is 2. The van der Waals surface area contributed by atoms with Gasteiger partial charge in [-0.1, -0.05) is 13.3 Å². The van der Waals surface area contributed by atoms with Gasteiger partial charge in [-0.05, 0) is 12.5 Å². The molecule has 7 N–H and O–H groups in total. The minimum atomic E-state index is -5.46. The highest BCUT2D eigenvalue weighted by Gasteiger charge is 2.38. The Balaban J connectivity index is 0.000000462. The molecular formula is C8H18N3O11P3. The van der Waals surface area contributed by atoms with Crippen LogP contribution in [0.15, 0.2) is 17.1 Å². The van der Waals surface area contributed by atoms with Gasteiger partial charge in [0, 0.05) is 12.7 Å². The number of aromatic nitrogens is 2. The van der Waals surface area contributed by atoms with E-state index in [0.717, 1.165) is 19.4 Å². The highest BCUT2D eigenvalue weighted by Crippen LogP contribution is 2.64. The molecule has 0 unspecified atom stereocenters. The maximum absolute atomic E-state index is 10.7. The van der Waals surface area contributed by atoms with Crippen molar-refractivity contribution in [2.45, 2.75) is 19.8 Å². The molecule has 25 heavy (non-hydrogen) atoms. The zero-order chi connectivity index (χ0) is 19.7. The third-order valence-electron chi connectivity index (χ3n) is 1.93. The molecule has 1 aromatic heterocycles. The van der Waals surface area contributed by atoms with Crippen molar-refractivity contribution in [3.05, 3.63) is 22.7 Å². The van der Waals surface area contributed by atoms with E-state index in [4.69, 9.17) is 24.5 Å². The summed E-state index contributed by atoms with van der Waals surface area (Å²) in [6.07, 6.45) is 3.81. The molecule has 0 atom stereocenters. The summed E-state index contributed by atoms with van der Waals surface area (Å²) >= 11 is 0. The SMILES string of the molecule is CCCCNc1cc[nH]c(=O)n1.O=P(O)(O)OP(=O)(O)OP(=O)(O)O. The largest absolute Gasteiger partial charge is 0.490 e. The van der Waals surface area contributed by atoms with Crippen LogP contribution >= 0.6 is 23.5 Å². The molecule has 17 heteroatoms. The van der Waals surface area contributed by atoms with Crippen LogP contribution in [-0.2, 0) is 22.3 Å². The molecule has 0 fully saturated rings. The molecule has 1 aromatic rings. The summed E-state index contributed by atoms with van der Waals surface area (Å²) in [5, 5.41) is 3.06. The molecule has 0 amide bonds. The molecule has 0 aliphatic heterocycles. The first-order valence-corrected chi connectivity index (χ1v) is 11.0. The van der Waals surface area contributed by atoms with Crippen LogP contribution in [0.3, 0.4) is 0 Å². The predicted octanol–water partition coefficient (Wildman–Crippen LogP) is 0.287. The van der Waals surface area contributed by atoms with Crippen LogP contribution in [0.1, 0.15) is 19.8 Å². The van der Waals surface area contributed by atoms with E-state index in [1.165, 1.54) is 0 Å². The molecule has 0 aliphatic rings. The first kappa shape index (κ1) is 24.1. The Bertz CT molecular complexity index is 697. The van der Waals surface area contributed by atoms with E-state index in [1.807, 2.05) is 0 Å². The molecule has 0 bridgehead atoms. The Morgan fingerprint density at radius 2 is 1.64 bits per heavy atom. The first-order valence-electron chi connectivity index (χ1n) is 6.40. The van der Waals surface area contributed by atoms with Gasteiger partial charge >= 0.3 is 29.2 Å². The lowest BCUT2D eigenvalue weighted by atomic mass is 10.3. The number of anilines is 1. The minimum Gasteiger partial charge on any atom is -0.370 e. The van der Waals surface area contributed by atoms with Crippen molar-refractivity contribution in [3.63, 3.8) is 0 Å². The summed E-state index contributed by atoms with van der Waals surface area (Å²) in [6.45, 7) is 2.99. The Labute approximate surface area is 141 Å². The second-order valence-electron chi connectivity index (χ2n) is 4.17. The van der Waals surface area contributed by atoms with Crippen molar-refractivity contribution in [1.29, 1.82) is 0 Å². The van der Waals surface area contributed by atoms with Crippen molar-refractivity contribution in [2.24, 2.45) is 0 Å². The molecule has 0 aromatic carbocycles. The van der Waals surface area contributed by atoms with E-state index in [9.17, 15) is 18.5 Å². The number of hydrogen-bond acceptors (Lipinski definition) is 8. The van der Waals surface area contributed by atoms with Gasteiger partial charge in [-0.3, -0.25) is 0 Å². The van der Waals surface area contributed by atoms with E-state index >= 15 is 0 Å². The number of phosphoric acid groups is 3.